The highest BCUT2D eigenvalue weighted by molar-refractivity contribution is 5.94. The highest BCUT2D eigenvalue weighted by atomic mass is 16.5. The van der Waals surface area contributed by atoms with Crippen molar-refractivity contribution in [3.05, 3.63) is 40.7 Å². The molecule has 0 bridgehead atoms. The summed E-state index contributed by atoms with van der Waals surface area (Å²) in [6.45, 7) is 3.80. The fourth-order valence-electron chi connectivity index (χ4n) is 4.22. The summed E-state index contributed by atoms with van der Waals surface area (Å²) >= 11 is 0. The van der Waals surface area contributed by atoms with Gasteiger partial charge in [0.15, 0.2) is 11.9 Å². The minimum absolute atomic E-state index is 0.00947. The van der Waals surface area contributed by atoms with E-state index in [1.54, 1.807) is 4.68 Å². The molecule has 2 N–H and O–H groups in total. The van der Waals surface area contributed by atoms with Gasteiger partial charge in [0.05, 0.1) is 17.9 Å². The summed E-state index contributed by atoms with van der Waals surface area (Å²) in [5.74, 6) is -0.656. The van der Waals surface area contributed by atoms with Crippen molar-refractivity contribution in [2.45, 2.75) is 57.9 Å². The molecule has 11 heteroatoms. The number of hydrogen-bond acceptors (Lipinski definition) is 7. The zero-order valence-electron chi connectivity index (χ0n) is 18.6. The molecular weight excluding hydrogens is 430 g/mol. The Morgan fingerprint density at radius 3 is 2.85 bits per heavy atom. The van der Waals surface area contributed by atoms with Crippen molar-refractivity contribution in [1.29, 1.82) is 0 Å². The number of carboxylic acid groups (broad SMARTS) is 1. The van der Waals surface area contributed by atoms with Gasteiger partial charge in [0, 0.05) is 24.3 Å². The average molecular weight is 457 g/mol. The quantitative estimate of drug-likeness (QED) is 0.306. The molecule has 1 saturated carbocycles. The zero-order valence-corrected chi connectivity index (χ0v) is 18.6. The lowest BCUT2D eigenvalue weighted by atomic mass is 10.0. The van der Waals surface area contributed by atoms with E-state index in [4.69, 9.17) is 9.84 Å². The number of carbonyl (C=O) groups is 3. The maximum atomic E-state index is 13.2. The van der Waals surface area contributed by atoms with Crippen LogP contribution in [0.15, 0.2) is 18.6 Å². The van der Waals surface area contributed by atoms with E-state index in [0.717, 1.165) is 24.1 Å². The first-order valence-electron chi connectivity index (χ1n) is 11.1. The monoisotopic (exact) mass is 457 g/mol. The van der Waals surface area contributed by atoms with Crippen LogP contribution in [0.3, 0.4) is 0 Å². The third-order valence-corrected chi connectivity index (χ3v) is 6.18. The molecule has 0 aromatic carbocycles. The van der Waals surface area contributed by atoms with Gasteiger partial charge in [0.25, 0.3) is 5.91 Å². The van der Waals surface area contributed by atoms with Gasteiger partial charge in [-0.25, -0.2) is 9.67 Å². The Morgan fingerprint density at radius 1 is 1.36 bits per heavy atom. The Kier molecular flexibility index (Phi) is 6.30. The molecule has 2 aromatic rings. The van der Waals surface area contributed by atoms with Crippen LogP contribution in [-0.4, -0.2) is 50.4 Å². The largest absolute Gasteiger partial charge is 0.619 e. The van der Waals surface area contributed by atoms with Crippen LogP contribution in [0.4, 0.5) is 0 Å². The van der Waals surface area contributed by atoms with E-state index in [-0.39, 0.29) is 37.7 Å². The second-order valence-electron chi connectivity index (χ2n) is 8.96. The number of ether oxygens (including phenoxy) is 1. The normalized spacial score (nSPS) is 19.0. The predicted octanol–water partition coefficient (Wildman–Crippen LogP) is 1.11. The molecule has 2 heterocycles. The summed E-state index contributed by atoms with van der Waals surface area (Å²) in [4.78, 5) is 39.9. The fourth-order valence-corrected chi connectivity index (χ4v) is 4.22. The topological polar surface area (TPSA) is 150 Å². The van der Waals surface area contributed by atoms with Gasteiger partial charge in [-0.1, -0.05) is 13.8 Å². The van der Waals surface area contributed by atoms with Crippen molar-refractivity contribution in [1.82, 2.24) is 20.1 Å². The molecule has 2 aliphatic rings. The van der Waals surface area contributed by atoms with Crippen LogP contribution >= 0.6 is 0 Å². The maximum Gasteiger partial charge on any atom is 0.305 e. The van der Waals surface area contributed by atoms with E-state index >= 15 is 0 Å². The summed E-state index contributed by atoms with van der Waals surface area (Å²) in [6.07, 6.45) is 5.93. The molecule has 2 aliphatic carbocycles. The molecule has 0 radical (unpaired) electrons. The Bertz CT molecular complexity index is 1080. The smallest absolute Gasteiger partial charge is 0.305 e. The van der Waals surface area contributed by atoms with Gasteiger partial charge in [-0.2, -0.15) is 9.83 Å². The van der Waals surface area contributed by atoms with Crippen molar-refractivity contribution in [3.63, 3.8) is 0 Å². The first-order chi connectivity index (χ1) is 15.7. The average Bonchev–Trinajstić information content (AvgIpc) is 3.25. The molecule has 1 amide bonds. The SMILES string of the molecule is CC(C)C(COC(=O)CCCC(=O)O)NC(=O)c1nn(-c2c[n+]([O-])ccn2)c2c1C[C@H]1C[C@@H]21. The number of aromatic nitrogens is 4. The van der Waals surface area contributed by atoms with E-state index in [2.05, 4.69) is 15.4 Å². The van der Waals surface area contributed by atoms with Crippen LogP contribution < -0.4 is 10.0 Å². The fraction of sp³-hybridized carbons (Fsp3) is 0.545. The molecule has 33 heavy (non-hydrogen) atoms. The number of carbonyl (C=O) groups excluding carboxylic acids is 2. The Hall–Kier alpha value is -3.50. The number of carboxylic acids is 1. The Balaban J connectivity index is 1.46. The number of nitrogens with zero attached hydrogens (tertiary/aromatic N) is 4. The third kappa shape index (κ3) is 4.96. The van der Waals surface area contributed by atoms with Crippen LogP contribution in [0.5, 0.6) is 0 Å². The van der Waals surface area contributed by atoms with Gasteiger partial charge in [-0.3, -0.25) is 14.4 Å². The lowest BCUT2D eigenvalue weighted by Gasteiger charge is -2.22. The molecule has 2 aromatic heterocycles. The van der Waals surface area contributed by atoms with Gasteiger partial charge >= 0.3 is 11.9 Å². The number of fused-ring (bicyclic) bond motifs is 3. The van der Waals surface area contributed by atoms with E-state index < -0.39 is 18.0 Å². The third-order valence-electron chi connectivity index (χ3n) is 6.18. The zero-order chi connectivity index (χ0) is 23.7. The van der Waals surface area contributed by atoms with E-state index in [1.165, 1.54) is 18.6 Å². The number of aliphatic carboxylic acids is 1. The summed E-state index contributed by atoms with van der Waals surface area (Å²) in [7, 11) is 0. The van der Waals surface area contributed by atoms with Gasteiger partial charge < -0.3 is 20.4 Å². The molecule has 176 valence electrons. The minimum Gasteiger partial charge on any atom is -0.619 e. The van der Waals surface area contributed by atoms with Crippen LogP contribution in [0, 0.1) is 17.0 Å². The van der Waals surface area contributed by atoms with Crippen LogP contribution in [-0.2, 0) is 20.7 Å². The molecule has 3 atom stereocenters. The van der Waals surface area contributed by atoms with Crippen LogP contribution in [0.25, 0.3) is 5.82 Å². The molecule has 11 nitrogen and oxygen atoms in total. The second kappa shape index (κ2) is 9.16. The molecule has 0 spiro atoms. The van der Waals surface area contributed by atoms with Crippen molar-refractivity contribution >= 4 is 17.8 Å². The summed E-state index contributed by atoms with van der Waals surface area (Å²) < 4.78 is 7.52. The van der Waals surface area contributed by atoms with E-state index in [1.807, 2.05) is 13.8 Å². The molecule has 0 saturated heterocycles. The second-order valence-corrected chi connectivity index (χ2v) is 8.96. The lowest BCUT2D eigenvalue weighted by Crippen LogP contribution is -2.42. The first-order valence-corrected chi connectivity index (χ1v) is 11.1. The molecular formula is C22H27N5O6. The Labute approximate surface area is 190 Å². The number of hydrogen-bond donors (Lipinski definition) is 2. The lowest BCUT2D eigenvalue weighted by molar-refractivity contribution is -0.605. The summed E-state index contributed by atoms with van der Waals surface area (Å²) in [6, 6.07) is -0.434. The van der Waals surface area contributed by atoms with Gasteiger partial charge in [0.1, 0.15) is 6.61 Å². The molecule has 4 rings (SSSR count). The summed E-state index contributed by atoms with van der Waals surface area (Å²) in [5.41, 5.74) is 2.12. The molecule has 1 fully saturated rings. The van der Waals surface area contributed by atoms with E-state index in [0.29, 0.717) is 28.1 Å². The minimum atomic E-state index is -0.963. The highest BCUT2D eigenvalue weighted by Gasteiger charge is 2.50. The first kappa shape index (κ1) is 22.7. The Morgan fingerprint density at radius 2 is 2.15 bits per heavy atom. The van der Waals surface area contributed by atoms with Crippen LogP contribution in [0.2, 0.25) is 0 Å². The van der Waals surface area contributed by atoms with Gasteiger partial charge in [-0.05, 0) is 31.1 Å². The van der Waals surface area contributed by atoms with Gasteiger partial charge in [-0.15, -0.1) is 0 Å². The van der Waals surface area contributed by atoms with Crippen LogP contribution in [0.1, 0.15) is 67.2 Å². The highest BCUT2D eigenvalue weighted by Crippen LogP contribution is 2.57. The number of nitrogens with one attached hydrogen (secondary N) is 1. The number of amides is 1. The van der Waals surface area contributed by atoms with Crippen molar-refractivity contribution in [2.75, 3.05) is 6.61 Å². The molecule has 0 aliphatic heterocycles. The number of rotatable bonds is 10. The molecule has 1 unspecified atom stereocenters. The van der Waals surface area contributed by atoms with Crippen molar-refractivity contribution in [2.24, 2.45) is 11.8 Å². The van der Waals surface area contributed by atoms with Crippen molar-refractivity contribution < 1.29 is 29.0 Å². The van der Waals surface area contributed by atoms with Crippen molar-refractivity contribution in [3.8, 4) is 5.82 Å². The standard InChI is InChI=1S/C22H27N5O6/c1-12(2)16(11-33-19(30)5-3-4-18(28)29)24-22(31)20-15-9-13-8-14(13)21(15)27(25-20)17-10-26(32)7-6-23-17/h6-7,10,12-14,16H,3-5,8-9,11H2,1-2H3,(H,24,31)(H,28,29)/t13-,14-,16?/m1/s1. The maximum absolute atomic E-state index is 13.2. The predicted molar refractivity (Wildman–Crippen MR) is 113 cm³/mol. The van der Waals surface area contributed by atoms with Gasteiger partial charge in [0.2, 0.25) is 12.0 Å². The number of esters is 1. The summed E-state index contributed by atoms with van der Waals surface area (Å²) in [5, 5.41) is 27.8. The van der Waals surface area contributed by atoms with E-state index in [9.17, 15) is 19.6 Å².